The van der Waals surface area contributed by atoms with Gasteiger partial charge in [0.25, 0.3) is 0 Å². The van der Waals surface area contributed by atoms with Gasteiger partial charge in [-0.1, -0.05) is 29.5 Å². The van der Waals surface area contributed by atoms with Crippen molar-refractivity contribution in [2.45, 2.75) is 13.5 Å². The number of benzene rings is 2. The van der Waals surface area contributed by atoms with Gasteiger partial charge in [-0.2, -0.15) is 9.78 Å². The molecule has 2 heterocycles. The molecule has 0 aliphatic carbocycles. The molecule has 9 nitrogen and oxygen atoms in total. The molecule has 12 heteroatoms. The Balaban J connectivity index is 1.57. The number of halogens is 2. The van der Waals surface area contributed by atoms with Crippen LogP contribution in [-0.4, -0.2) is 30.4 Å². The lowest BCUT2D eigenvalue weighted by molar-refractivity contribution is 0.0706. The highest BCUT2D eigenvalue weighted by atomic mass is 32.1. The van der Waals surface area contributed by atoms with E-state index in [0.29, 0.717) is 11.3 Å². The molecule has 2 aromatic carbocycles. The average molecular weight is 459 g/mol. The van der Waals surface area contributed by atoms with Crippen LogP contribution in [0.2, 0.25) is 0 Å². The van der Waals surface area contributed by atoms with Crippen molar-refractivity contribution in [3.63, 3.8) is 0 Å². The molecule has 4 rings (SSSR count). The third kappa shape index (κ3) is 4.13. The largest absolute Gasteiger partial charge is 0.442 e. The number of carbonyl (C=O) groups excluding carboxylic acids is 1. The number of hydroxylamine groups is 1. The number of hydrogen-bond donors (Lipinski definition) is 2. The molecule has 0 spiro atoms. The van der Waals surface area contributed by atoms with Gasteiger partial charge >= 0.3 is 11.6 Å². The fourth-order valence-electron chi connectivity index (χ4n) is 2.86. The number of aromatic nitrogens is 4. The van der Waals surface area contributed by atoms with Crippen molar-refractivity contribution in [3.8, 4) is 16.5 Å². The van der Waals surface area contributed by atoms with Gasteiger partial charge in [-0.25, -0.2) is 24.0 Å². The second kappa shape index (κ2) is 8.69. The maximum atomic E-state index is 14.7. The fourth-order valence-corrected chi connectivity index (χ4v) is 3.68. The fraction of sp³-hybridized carbons (Fsp3) is 0.100. The average Bonchev–Trinajstić information content (AvgIpc) is 3.33. The number of nitrogens with zero attached hydrogens (tertiary/aromatic N) is 4. The minimum Gasteiger partial charge on any atom is -0.442 e. The summed E-state index contributed by atoms with van der Waals surface area (Å²) in [6, 6.07) is 9.86. The van der Waals surface area contributed by atoms with Crippen LogP contribution in [0, 0.1) is 18.6 Å². The summed E-state index contributed by atoms with van der Waals surface area (Å²) in [5, 5.41) is 12.8. The van der Waals surface area contributed by atoms with Gasteiger partial charge in [0.2, 0.25) is 5.06 Å². The van der Waals surface area contributed by atoms with Crippen LogP contribution in [0.25, 0.3) is 5.69 Å². The SMILES string of the molecule is Cc1nc(C(=O)NO)sc1Oc1ccc(-n2ncn(Cc3ccccc3F)c2=O)cc1F. The molecular formula is C20H15F2N5O4S. The first-order chi connectivity index (χ1) is 15.4. The van der Waals surface area contributed by atoms with Crippen LogP contribution in [0.15, 0.2) is 53.6 Å². The molecule has 0 saturated heterocycles. The van der Waals surface area contributed by atoms with Gasteiger partial charge in [0.15, 0.2) is 16.6 Å². The molecule has 1 amide bonds. The normalized spacial score (nSPS) is 10.9. The first-order valence-corrected chi connectivity index (χ1v) is 9.96. The molecule has 2 N–H and O–H groups in total. The van der Waals surface area contributed by atoms with Crippen LogP contribution < -0.4 is 15.9 Å². The Bertz CT molecular complexity index is 1360. The van der Waals surface area contributed by atoms with Crippen molar-refractivity contribution in [1.82, 2.24) is 24.8 Å². The van der Waals surface area contributed by atoms with Crippen LogP contribution in [-0.2, 0) is 6.54 Å². The summed E-state index contributed by atoms with van der Waals surface area (Å²) in [6.07, 6.45) is 1.24. The lowest BCUT2D eigenvalue weighted by Gasteiger charge is -2.07. The number of nitrogens with one attached hydrogen (secondary N) is 1. The number of carbonyl (C=O) groups is 1. The highest BCUT2D eigenvalue weighted by molar-refractivity contribution is 7.15. The maximum absolute atomic E-state index is 14.7. The van der Waals surface area contributed by atoms with Crippen LogP contribution in [0.4, 0.5) is 8.78 Å². The maximum Gasteiger partial charge on any atom is 0.350 e. The first-order valence-electron chi connectivity index (χ1n) is 9.15. The van der Waals surface area contributed by atoms with E-state index in [1.165, 1.54) is 34.6 Å². The Morgan fingerprint density at radius 2 is 2.00 bits per heavy atom. The Labute approximate surface area is 183 Å². The Kier molecular flexibility index (Phi) is 5.79. The molecule has 0 unspecified atom stereocenters. The van der Waals surface area contributed by atoms with Gasteiger partial charge in [0, 0.05) is 11.6 Å². The van der Waals surface area contributed by atoms with Crippen molar-refractivity contribution in [1.29, 1.82) is 0 Å². The lowest BCUT2D eigenvalue weighted by atomic mass is 10.2. The van der Waals surface area contributed by atoms with E-state index in [9.17, 15) is 18.4 Å². The standard InChI is InChI=1S/C20H15F2N5O4S/c1-11-19(32-18(24-11)17(28)25-30)31-16-7-6-13(8-15(16)22)27-20(29)26(10-23-27)9-12-4-2-3-5-14(12)21/h2-8,10,30H,9H2,1H3,(H,25,28). The number of ether oxygens (including phenoxy) is 1. The number of aryl methyl sites for hydroxylation is 1. The molecule has 0 atom stereocenters. The van der Waals surface area contributed by atoms with Gasteiger partial charge < -0.3 is 4.74 Å². The predicted molar refractivity (Wildman–Crippen MR) is 109 cm³/mol. The third-order valence-corrected chi connectivity index (χ3v) is 5.48. The van der Waals surface area contributed by atoms with E-state index in [0.717, 1.165) is 22.1 Å². The van der Waals surface area contributed by atoms with E-state index in [1.54, 1.807) is 25.1 Å². The molecule has 0 radical (unpaired) electrons. The van der Waals surface area contributed by atoms with Gasteiger partial charge in [-0.3, -0.25) is 14.6 Å². The topological polar surface area (TPSA) is 111 Å². The zero-order valence-corrected chi connectivity index (χ0v) is 17.3. The molecule has 4 aromatic rings. The molecule has 0 aliphatic rings. The summed E-state index contributed by atoms with van der Waals surface area (Å²) in [4.78, 5) is 28.0. The molecule has 2 aromatic heterocycles. The summed E-state index contributed by atoms with van der Waals surface area (Å²) in [5.41, 5.74) is 1.69. The Hall–Kier alpha value is -3.90. The van der Waals surface area contributed by atoms with Crippen LogP contribution in [0.1, 0.15) is 21.1 Å². The van der Waals surface area contributed by atoms with Crippen LogP contribution >= 0.6 is 11.3 Å². The molecule has 0 aliphatic heterocycles. The number of hydrogen-bond acceptors (Lipinski definition) is 7. The molecule has 0 fully saturated rings. The summed E-state index contributed by atoms with van der Waals surface area (Å²) >= 11 is 0.831. The van der Waals surface area contributed by atoms with Crippen molar-refractivity contribution in [3.05, 3.63) is 87.2 Å². The predicted octanol–water partition coefficient (Wildman–Crippen LogP) is 3.04. The zero-order chi connectivity index (χ0) is 22.8. The number of thiazole rings is 1. The monoisotopic (exact) mass is 459 g/mol. The van der Waals surface area contributed by atoms with Crippen molar-refractivity contribution >= 4 is 17.2 Å². The second-order valence-corrected chi connectivity index (χ2v) is 7.56. The highest BCUT2D eigenvalue weighted by Gasteiger charge is 2.18. The quantitative estimate of drug-likeness (QED) is 0.339. The lowest BCUT2D eigenvalue weighted by Crippen LogP contribution is -2.24. The Morgan fingerprint density at radius 1 is 1.22 bits per heavy atom. The summed E-state index contributed by atoms with van der Waals surface area (Å²) in [6.45, 7) is 1.54. The zero-order valence-electron chi connectivity index (χ0n) is 16.5. The van der Waals surface area contributed by atoms with E-state index in [-0.39, 0.29) is 28.1 Å². The van der Waals surface area contributed by atoms with E-state index in [4.69, 9.17) is 9.94 Å². The van der Waals surface area contributed by atoms with Crippen molar-refractivity contribution in [2.75, 3.05) is 0 Å². The third-order valence-electron chi connectivity index (χ3n) is 4.44. The molecular weight excluding hydrogens is 444 g/mol. The second-order valence-electron chi connectivity index (χ2n) is 6.59. The van der Waals surface area contributed by atoms with E-state index in [2.05, 4.69) is 10.1 Å². The van der Waals surface area contributed by atoms with Crippen molar-refractivity contribution < 1.29 is 23.5 Å². The molecule has 32 heavy (non-hydrogen) atoms. The summed E-state index contributed by atoms with van der Waals surface area (Å²) < 4.78 is 36.2. The van der Waals surface area contributed by atoms with Crippen molar-refractivity contribution in [2.24, 2.45) is 0 Å². The Morgan fingerprint density at radius 3 is 2.72 bits per heavy atom. The minimum atomic E-state index is -0.811. The number of amides is 1. The smallest absolute Gasteiger partial charge is 0.350 e. The van der Waals surface area contributed by atoms with Crippen LogP contribution in [0.5, 0.6) is 10.8 Å². The molecule has 164 valence electrons. The highest BCUT2D eigenvalue weighted by Crippen LogP contribution is 2.33. The van der Waals surface area contributed by atoms with Gasteiger partial charge in [-0.05, 0) is 25.1 Å². The van der Waals surface area contributed by atoms with E-state index < -0.39 is 23.2 Å². The van der Waals surface area contributed by atoms with E-state index >= 15 is 0 Å². The van der Waals surface area contributed by atoms with Gasteiger partial charge in [0.05, 0.1) is 17.9 Å². The van der Waals surface area contributed by atoms with Gasteiger partial charge in [0.1, 0.15) is 12.1 Å². The van der Waals surface area contributed by atoms with E-state index in [1.807, 2.05) is 0 Å². The van der Waals surface area contributed by atoms with Gasteiger partial charge in [-0.15, -0.1) is 0 Å². The summed E-state index contributed by atoms with van der Waals surface area (Å²) in [7, 11) is 0. The molecule has 0 saturated carbocycles. The number of rotatable bonds is 6. The van der Waals surface area contributed by atoms with Crippen LogP contribution in [0.3, 0.4) is 0 Å². The first kappa shape index (κ1) is 21.3. The molecule has 0 bridgehead atoms. The summed E-state index contributed by atoms with van der Waals surface area (Å²) in [5.74, 6) is -2.19. The minimum absolute atomic E-state index is 0.0242.